The summed E-state index contributed by atoms with van der Waals surface area (Å²) in [6.45, 7) is 5.34. The van der Waals surface area contributed by atoms with Crippen LogP contribution in [0.25, 0.3) is 0 Å². The predicted molar refractivity (Wildman–Crippen MR) is 78.2 cm³/mol. The maximum absolute atomic E-state index is 12.4. The van der Waals surface area contributed by atoms with Crippen molar-refractivity contribution in [2.24, 2.45) is 0 Å². The first-order valence-electron chi connectivity index (χ1n) is 7.97. The van der Waals surface area contributed by atoms with Crippen LogP contribution in [0.1, 0.15) is 44.9 Å². The summed E-state index contributed by atoms with van der Waals surface area (Å²) in [4.78, 5) is 17.0. The van der Waals surface area contributed by atoms with Crippen LogP contribution >= 0.6 is 0 Å². The third-order valence-electron chi connectivity index (χ3n) is 4.52. The molecule has 0 spiro atoms. The lowest BCUT2D eigenvalue weighted by atomic mass is 9.99. The molecular formula is C15H29N3O. The average molecular weight is 267 g/mol. The molecule has 0 bridgehead atoms. The molecule has 4 heteroatoms. The number of nitrogens with one attached hydrogen (secondary N) is 1. The Balaban J connectivity index is 1.77. The first-order chi connectivity index (χ1) is 9.31. The monoisotopic (exact) mass is 267 g/mol. The molecule has 2 rings (SSSR count). The second-order valence-corrected chi connectivity index (χ2v) is 5.93. The zero-order chi connectivity index (χ0) is 13.5. The Kier molecular flexibility index (Phi) is 6.11. The standard InChI is InChI=1S/C15H29N3O/c1-16-9-7-14-6-2-3-12-18(14)15(19)8-13-17-10-4-5-11-17/h14,16H,2-13H2,1H3. The van der Waals surface area contributed by atoms with Gasteiger partial charge < -0.3 is 15.1 Å². The lowest BCUT2D eigenvalue weighted by Gasteiger charge is -2.36. The van der Waals surface area contributed by atoms with E-state index in [1.54, 1.807) is 0 Å². The number of carbonyl (C=O) groups is 1. The summed E-state index contributed by atoms with van der Waals surface area (Å²) in [6, 6.07) is 0.479. The number of amides is 1. The molecule has 0 radical (unpaired) electrons. The van der Waals surface area contributed by atoms with Crippen molar-refractivity contribution in [3.8, 4) is 0 Å². The molecule has 0 aromatic heterocycles. The van der Waals surface area contributed by atoms with Crippen LogP contribution in [-0.2, 0) is 4.79 Å². The predicted octanol–water partition coefficient (Wildman–Crippen LogP) is 1.46. The summed E-state index contributed by atoms with van der Waals surface area (Å²) < 4.78 is 0. The summed E-state index contributed by atoms with van der Waals surface area (Å²) in [5.74, 6) is 0.382. The smallest absolute Gasteiger partial charge is 0.224 e. The summed E-state index contributed by atoms with van der Waals surface area (Å²) in [7, 11) is 1.99. The molecule has 1 amide bonds. The molecule has 0 aliphatic carbocycles. The zero-order valence-electron chi connectivity index (χ0n) is 12.4. The van der Waals surface area contributed by atoms with Crippen LogP contribution in [0.2, 0.25) is 0 Å². The number of hydrogen-bond acceptors (Lipinski definition) is 3. The van der Waals surface area contributed by atoms with Gasteiger partial charge in [0.25, 0.3) is 0 Å². The van der Waals surface area contributed by atoms with Crippen LogP contribution in [0.5, 0.6) is 0 Å². The van der Waals surface area contributed by atoms with E-state index < -0.39 is 0 Å². The van der Waals surface area contributed by atoms with Gasteiger partial charge in [-0.2, -0.15) is 0 Å². The SMILES string of the molecule is CNCCC1CCCCN1C(=O)CCN1CCCC1. The highest BCUT2D eigenvalue weighted by Gasteiger charge is 2.26. The number of nitrogens with zero attached hydrogens (tertiary/aromatic N) is 2. The van der Waals surface area contributed by atoms with Crippen molar-refractivity contribution in [3.05, 3.63) is 0 Å². The fourth-order valence-corrected chi connectivity index (χ4v) is 3.34. The van der Waals surface area contributed by atoms with Crippen molar-refractivity contribution in [2.75, 3.05) is 39.8 Å². The minimum absolute atomic E-state index is 0.382. The lowest BCUT2D eigenvalue weighted by molar-refractivity contribution is -0.135. The highest BCUT2D eigenvalue weighted by Crippen LogP contribution is 2.20. The van der Waals surface area contributed by atoms with Gasteiger partial charge in [-0.1, -0.05) is 0 Å². The normalized spacial score (nSPS) is 24.9. The first kappa shape index (κ1) is 14.8. The van der Waals surface area contributed by atoms with Gasteiger partial charge in [0.05, 0.1) is 0 Å². The lowest BCUT2D eigenvalue weighted by Crippen LogP contribution is -2.45. The molecule has 2 aliphatic heterocycles. The van der Waals surface area contributed by atoms with Gasteiger partial charge >= 0.3 is 0 Å². The van der Waals surface area contributed by atoms with Gasteiger partial charge in [-0.15, -0.1) is 0 Å². The van der Waals surface area contributed by atoms with Gasteiger partial charge in [-0.25, -0.2) is 0 Å². The van der Waals surface area contributed by atoms with Gasteiger partial charge in [0.2, 0.25) is 5.91 Å². The summed E-state index contributed by atoms with van der Waals surface area (Å²) in [5, 5.41) is 3.21. The van der Waals surface area contributed by atoms with Crippen LogP contribution in [0.3, 0.4) is 0 Å². The number of likely N-dealkylation sites (tertiary alicyclic amines) is 2. The Morgan fingerprint density at radius 2 is 1.89 bits per heavy atom. The van der Waals surface area contributed by atoms with Crippen LogP contribution in [0.4, 0.5) is 0 Å². The highest BCUT2D eigenvalue weighted by molar-refractivity contribution is 5.76. The van der Waals surface area contributed by atoms with Crippen molar-refractivity contribution in [2.45, 2.75) is 51.0 Å². The molecular weight excluding hydrogens is 238 g/mol. The fourth-order valence-electron chi connectivity index (χ4n) is 3.34. The second-order valence-electron chi connectivity index (χ2n) is 5.93. The Morgan fingerprint density at radius 3 is 2.63 bits per heavy atom. The maximum Gasteiger partial charge on any atom is 0.224 e. The van der Waals surface area contributed by atoms with Crippen molar-refractivity contribution in [1.82, 2.24) is 15.1 Å². The van der Waals surface area contributed by atoms with Crippen molar-refractivity contribution >= 4 is 5.91 Å². The molecule has 0 aromatic rings. The molecule has 2 saturated heterocycles. The van der Waals surface area contributed by atoms with E-state index >= 15 is 0 Å². The number of carbonyl (C=O) groups excluding carboxylic acids is 1. The second kappa shape index (κ2) is 7.85. The summed E-state index contributed by atoms with van der Waals surface area (Å²) in [6.07, 6.45) is 8.10. The number of piperidine rings is 1. The van der Waals surface area contributed by atoms with Crippen molar-refractivity contribution in [3.63, 3.8) is 0 Å². The van der Waals surface area contributed by atoms with E-state index in [1.807, 2.05) is 7.05 Å². The quantitative estimate of drug-likeness (QED) is 0.791. The Bertz CT molecular complexity index is 277. The van der Waals surface area contributed by atoms with E-state index in [2.05, 4.69) is 15.1 Å². The minimum Gasteiger partial charge on any atom is -0.340 e. The summed E-state index contributed by atoms with van der Waals surface area (Å²) >= 11 is 0. The molecule has 1 atom stereocenters. The van der Waals surface area contributed by atoms with E-state index in [-0.39, 0.29) is 0 Å². The van der Waals surface area contributed by atoms with Crippen LogP contribution in [0, 0.1) is 0 Å². The van der Waals surface area contributed by atoms with Crippen LogP contribution in [0.15, 0.2) is 0 Å². The molecule has 2 heterocycles. The van der Waals surface area contributed by atoms with E-state index in [4.69, 9.17) is 0 Å². The molecule has 0 aromatic carbocycles. The molecule has 2 fully saturated rings. The molecule has 2 aliphatic rings. The van der Waals surface area contributed by atoms with Gasteiger partial charge in [0, 0.05) is 25.6 Å². The Labute approximate surface area is 117 Å². The van der Waals surface area contributed by atoms with E-state index in [0.29, 0.717) is 11.9 Å². The van der Waals surface area contributed by atoms with Gasteiger partial charge in [0.15, 0.2) is 0 Å². The average Bonchev–Trinajstić information content (AvgIpc) is 2.96. The number of rotatable bonds is 6. The van der Waals surface area contributed by atoms with Gasteiger partial charge in [-0.05, 0) is 65.2 Å². The molecule has 1 unspecified atom stereocenters. The van der Waals surface area contributed by atoms with Gasteiger partial charge in [0.1, 0.15) is 0 Å². The third-order valence-corrected chi connectivity index (χ3v) is 4.52. The van der Waals surface area contributed by atoms with Crippen LogP contribution < -0.4 is 5.32 Å². The summed E-state index contributed by atoms with van der Waals surface area (Å²) in [5.41, 5.74) is 0. The molecule has 110 valence electrons. The topological polar surface area (TPSA) is 35.6 Å². The largest absolute Gasteiger partial charge is 0.340 e. The maximum atomic E-state index is 12.4. The van der Waals surface area contributed by atoms with E-state index in [0.717, 1.165) is 32.5 Å². The number of hydrogen-bond donors (Lipinski definition) is 1. The Morgan fingerprint density at radius 1 is 1.16 bits per heavy atom. The molecule has 4 nitrogen and oxygen atoms in total. The molecule has 1 N–H and O–H groups in total. The van der Waals surface area contributed by atoms with Crippen molar-refractivity contribution < 1.29 is 4.79 Å². The van der Waals surface area contributed by atoms with E-state index in [1.165, 1.54) is 45.2 Å². The zero-order valence-corrected chi connectivity index (χ0v) is 12.4. The Hall–Kier alpha value is -0.610. The molecule has 0 saturated carbocycles. The minimum atomic E-state index is 0.382. The molecule has 19 heavy (non-hydrogen) atoms. The van der Waals surface area contributed by atoms with Gasteiger partial charge in [-0.3, -0.25) is 4.79 Å². The van der Waals surface area contributed by atoms with Crippen molar-refractivity contribution in [1.29, 1.82) is 0 Å². The highest BCUT2D eigenvalue weighted by atomic mass is 16.2. The fraction of sp³-hybridized carbons (Fsp3) is 0.933. The first-order valence-corrected chi connectivity index (χ1v) is 7.97. The van der Waals surface area contributed by atoms with Crippen LogP contribution in [-0.4, -0.2) is 61.5 Å². The third kappa shape index (κ3) is 4.46. The van der Waals surface area contributed by atoms with E-state index in [9.17, 15) is 4.79 Å².